The molecule has 0 N–H and O–H groups in total. The number of hydrogen-bond donors (Lipinski definition) is 0. The monoisotopic (exact) mass is 1040 g/mol. The second-order valence-electron chi connectivity index (χ2n) is 16.0. The molecule has 0 amide bonds. The average Bonchev–Trinajstić information content (AvgIpc) is 3.39. The summed E-state index contributed by atoms with van der Waals surface area (Å²) >= 11 is 0. The minimum Gasteiger partial charge on any atom is -0.254 e. The first-order chi connectivity index (χ1) is 32.7. The molecule has 0 radical (unpaired) electrons. The topological polar surface area (TPSA) is 103 Å². The Morgan fingerprint density at radius 2 is 0.522 bits per heavy atom. The third kappa shape index (κ3) is 8.03. The third-order valence-corrected chi connectivity index (χ3v) is 11.8. The van der Waals surface area contributed by atoms with Crippen LogP contribution in [0.25, 0.3) is 121 Å². The molecule has 0 aliphatic carbocycles. The molecule has 0 atom stereocenters. The van der Waals surface area contributed by atoms with Crippen LogP contribution in [0.3, 0.4) is 0 Å². The van der Waals surface area contributed by atoms with Crippen molar-refractivity contribution in [2.24, 2.45) is 0 Å². The van der Waals surface area contributed by atoms with E-state index in [0.29, 0.717) is 0 Å². The van der Waals surface area contributed by atoms with E-state index in [1.54, 1.807) is 12.4 Å². The zero-order valence-electron chi connectivity index (χ0n) is 35.7. The van der Waals surface area contributed by atoms with Gasteiger partial charge in [0.05, 0.1) is 77.9 Å². The van der Waals surface area contributed by atoms with Gasteiger partial charge in [0.2, 0.25) is 0 Å². The molecular formula is C58H36N8Os. The fourth-order valence-corrected chi connectivity index (χ4v) is 8.52. The van der Waals surface area contributed by atoms with Crippen LogP contribution in [0, 0.1) is 0 Å². The first-order valence-corrected chi connectivity index (χ1v) is 21.7. The smallest absolute Gasteiger partial charge is 0.0996 e. The zero-order valence-corrected chi connectivity index (χ0v) is 38.3. The van der Waals surface area contributed by atoms with Gasteiger partial charge in [-0.3, -0.25) is 9.97 Å². The van der Waals surface area contributed by atoms with Gasteiger partial charge >= 0.3 is 0 Å². The average molecular weight is 1040 g/mol. The van der Waals surface area contributed by atoms with Crippen molar-refractivity contribution >= 4 is 98.3 Å². The fourth-order valence-electron chi connectivity index (χ4n) is 8.52. The molecule has 0 unspecified atom stereocenters. The van der Waals surface area contributed by atoms with Gasteiger partial charge < -0.3 is 0 Å². The molecular weight excluding hydrogens is 999 g/mol. The van der Waals surface area contributed by atoms with Crippen LogP contribution in [0.1, 0.15) is 0 Å². The van der Waals surface area contributed by atoms with Crippen molar-refractivity contribution in [3.05, 3.63) is 219 Å². The van der Waals surface area contributed by atoms with Crippen LogP contribution in [-0.4, -0.2) is 39.9 Å². The van der Waals surface area contributed by atoms with E-state index in [9.17, 15) is 0 Å². The van der Waals surface area contributed by atoms with Crippen LogP contribution in [0.5, 0.6) is 0 Å². The fraction of sp³-hybridized carbons (Fsp3) is 0. The molecule has 0 saturated heterocycles. The van der Waals surface area contributed by atoms with E-state index in [2.05, 4.69) is 103 Å². The van der Waals surface area contributed by atoms with Crippen LogP contribution in [0.15, 0.2) is 219 Å². The SMILES string of the molecule is [Os].c1ccc2cc3nc4c5cccnc5c5ncccc5c4nc3cc2c1.c1ccc2nc(-c3ccc4ccccc4n3)ccc2c1.c1ccc2nc(-c3ccc4ccccc4n3)ccc2c1. The summed E-state index contributed by atoms with van der Waals surface area (Å²) in [6.45, 7) is 0. The van der Waals surface area contributed by atoms with Crippen molar-refractivity contribution in [2.75, 3.05) is 0 Å². The van der Waals surface area contributed by atoms with E-state index in [4.69, 9.17) is 9.97 Å². The van der Waals surface area contributed by atoms with Gasteiger partial charge in [0.25, 0.3) is 0 Å². The van der Waals surface area contributed by atoms with E-state index in [1.165, 1.54) is 10.8 Å². The molecule has 0 saturated carbocycles. The van der Waals surface area contributed by atoms with Crippen LogP contribution < -0.4 is 0 Å². The zero-order chi connectivity index (χ0) is 43.8. The summed E-state index contributed by atoms with van der Waals surface area (Å²) in [5, 5.41) is 8.90. The summed E-state index contributed by atoms with van der Waals surface area (Å²) < 4.78 is 0. The maximum absolute atomic E-state index is 4.98. The van der Waals surface area contributed by atoms with Crippen LogP contribution >= 0.6 is 0 Å². The van der Waals surface area contributed by atoms with Gasteiger partial charge in [-0.15, -0.1) is 0 Å². The standard InChI is InChI=1S/C22H12N4.2C18H12N2.Os/c1-2-6-14-12-18-17(11-13(14)5-1)25-21-15-7-3-9-23-19(15)20-16(22(21)26-18)8-4-10-24-20;2*1-3-7-15-13(5-1)9-11-17(19-15)18-12-10-14-6-2-4-8-16(14)20-18;/h1-12H;2*1-12H;. The predicted octanol–water partition coefficient (Wildman–Crippen LogP) is 13.9. The third-order valence-electron chi connectivity index (χ3n) is 11.8. The van der Waals surface area contributed by atoms with Gasteiger partial charge in [-0.1, -0.05) is 121 Å². The Morgan fingerprint density at radius 3 is 0.851 bits per heavy atom. The number of nitrogens with zero attached hydrogens (tertiary/aromatic N) is 8. The Hall–Kier alpha value is -8.50. The first-order valence-electron chi connectivity index (χ1n) is 21.7. The van der Waals surface area contributed by atoms with Crippen LogP contribution in [0.4, 0.5) is 0 Å². The number of hydrogen-bond acceptors (Lipinski definition) is 8. The van der Waals surface area contributed by atoms with Gasteiger partial charge in [0.15, 0.2) is 0 Å². The van der Waals surface area contributed by atoms with E-state index in [0.717, 1.165) is 110 Å². The molecule has 7 aromatic heterocycles. The minimum absolute atomic E-state index is 0. The summed E-state index contributed by atoms with van der Waals surface area (Å²) in [5.74, 6) is 0. The van der Waals surface area contributed by atoms with Crippen molar-refractivity contribution in [2.45, 2.75) is 0 Å². The summed E-state index contributed by atoms with van der Waals surface area (Å²) in [4.78, 5) is 37.8. The van der Waals surface area contributed by atoms with Gasteiger partial charge in [-0.05, 0) is 95.7 Å². The number of benzene rings is 7. The molecule has 14 aromatic rings. The van der Waals surface area contributed by atoms with Crippen molar-refractivity contribution < 1.29 is 19.8 Å². The molecule has 67 heavy (non-hydrogen) atoms. The van der Waals surface area contributed by atoms with Gasteiger partial charge in [-0.2, -0.15) is 0 Å². The first kappa shape index (κ1) is 41.2. The predicted molar refractivity (Wildman–Crippen MR) is 270 cm³/mol. The second-order valence-corrected chi connectivity index (χ2v) is 16.0. The number of fused-ring (bicyclic) bond motifs is 12. The molecule has 9 heteroatoms. The van der Waals surface area contributed by atoms with E-state index in [1.807, 2.05) is 133 Å². The van der Waals surface area contributed by atoms with Gasteiger partial charge in [0, 0.05) is 64.5 Å². The van der Waals surface area contributed by atoms with E-state index < -0.39 is 0 Å². The van der Waals surface area contributed by atoms with Crippen molar-refractivity contribution in [3.8, 4) is 22.8 Å². The van der Waals surface area contributed by atoms with E-state index >= 15 is 0 Å². The van der Waals surface area contributed by atoms with Crippen molar-refractivity contribution in [1.82, 2.24) is 39.9 Å². The largest absolute Gasteiger partial charge is 0.254 e. The summed E-state index contributed by atoms with van der Waals surface area (Å²) in [5.41, 5.74) is 12.9. The number of para-hydroxylation sites is 4. The minimum atomic E-state index is 0. The Morgan fingerprint density at radius 1 is 0.224 bits per heavy atom. The number of pyridine rings is 6. The molecule has 0 aliphatic rings. The maximum Gasteiger partial charge on any atom is 0.0996 e. The number of aromatic nitrogens is 8. The van der Waals surface area contributed by atoms with Crippen LogP contribution in [0.2, 0.25) is 0 Å². The molecule has 8 nitrogen and oxygen atoms in total. The molecule has 0 bridgehead atoms. The summed E-state index contributed by atoms with van der Waals surface area (Å²) in [6.07, 6.45) is 3.59. The maximum atomic E-state index is 4.98. The Kier molecular flexibility index (Phi) is 11.0. The molecule has 7 heterocycles. The van der Waals surface area contributed by atoms with Gasteiger partial charge in [-0.25, -0.2) is 29.9 Å². The summed E-state index contributed by atoms with van der Waals surface area (Å²) in [7, 11) is 0. The molecule has 0 spiro atoms. The molecule has 316 valence electrons. The quantitative estimate of drug-likeness (QED) is 0.125. The Labute approximate surface area is 397 Å². The second kappa shape index (κ2) is 17.8. The molecule has 0 aliphatic heterocycles. The van der Waals surface area contributed by atoms with Crippen molar-refractivity contribution in [3.63, 3.8) is 0 Å². The summed E-state index contributed by atoms with van der Waals surface area (Å²) in [6, 6.07) is 69.4. The van der Waals surface area contributed by atoms with E-state index in [-0.39, 0.29) is 19.8 Å². The van der Waals surface area contributed by atoms with Gasteiger partial charge in [0.1, 0.15) is 0 Å². The van der Waals surface area contributed by atoms with Crippen LogP contribution in [-0.2, 0) is 19.8 Å². The normalized spacial score (nSPS) is 11.2. The Bertz CT molecular complexity index is 3740. The Balaban J connectivity index is 0.000000111. The molecule has 7 aromatic carbocycles. The molecule has 14 rings (SSSR count). The number of rotatable bonds is 2. The van der Waals surface area contributed by atoms with Crippen molar-refractivity contribution in [1.29, 1.82) is 0 Å². The molecule has 0 fully saturated rings.